The van der Waals surface area contributed by atoms with Crippen LogP contribution in [0, 0.1) is 17.8 Å². The van der Waals surface area contributed by atoms with E-state index < -0.39 is 0 Å². The molecule has 1 heteroatoms. The zero-order chi connectivity index (χ0) is 10.1. The van der Waals surface area contributed by atoms with Crippen LogP contribution in [0.4, 0.5) is 0 Å². The van der Waals surface area contributed by atoms with E-state index in [2.05, 4.69) is 27.7 Å². The van der Waals surface area contributed by atoms with Crippen molar-refractivity contribution in [2.24, 2.45) is 23.5 Å². The molecule has 2 unspecified atom stereocenters. The van der Waals surface area contributed by atoms with Gasteiger partial charge in [0, 0.05) is 5.54 Å². The third-order valence-corrected chi connectivity index (χ3v) is 3.95. The van der Waals surface area contributed by atoms with E-state index in [9.17, 15) is 0 Å². The van der Waals surface area contributed by atoms with Crippen LogP contribution in [0.3, 0.4) is 0 Å². The molecule has 1 nitrogen and oxygen atoms in total. The molecule has 1 fully saturated rings. The average molecular weight is 183 g/mol. The Bertz CT molecular complexity index is 163. The van der Waals surface area contributed by atoms with Gasteiger partial charge in [-0.25, -0.2) is 0 Å². The van der Waals surface area contributed by atoms with Gasteiger partial charge in [-0.3, -0.25) is 0 Å². The van der Waals surface area contributed by atoms with Crippen molar-refractivity contribution in [3.63, 3.8) is 0 Å². The molecule has 0 radical (unpaired) electrons. The molecule has 0 aromatic rings. The molecule has 1 rings (SSSR count). The van der Waals surface area contributed by atoms with Gasteiger partial charge in [-0.05, 0) is 30.6 Å². The smallest absolute Gasteiger partial charge is 0.0180 e. The zero-order valence-corrected chi connectivity index (χ0v) is 9.64. The van der Waals surface area contributed by atoms with Crippen LogP contribution in [0.25, 0.3) is 0 Å². The highest BCUT2D eigenvalue weighted by molar-refractivity contribution is 4.93. The highest BCUT2D eigenvalue weighted by Gasteiger charge is 2.35. The molecule has 0 spiro atoms. The fraction of sp³-hybridized carbons (Fsp3) is 1.00. The minimum absolute atomic E-state index is 0.132. The number of hydrogen-bond donors (Lipinski definition) is 1. The Morgan fingerprint density at radius 2 is 1.85 bits per heavy atom. The van der Waals surface area contributed by atoms with Gasteiger partial charge in [-0.1, -0.05) is 40.5 Å². The molecule has 1 aliphatic carbocycles. The Morgan fingerprint density at radius 1 is 1.23 bits per heavy atom. The molecule has 0 aromatic carbocycles. The summed E-state index contributed by atoms with van der Waals surface area (Å²) in [4.78, 5) is 0. The molecule has 1 aliphatic rings. The maximum atomic E-state index is 6.43. The second kappa shape index (κ2) is 4.00. The number of nitrogens with two attached hydrogens (primary N) is 1. The van der Waals surface area contributed by atoms with Crippen molar-refractivity contribution in [3.05, 3.63) is 0 Å². The van der Waals surface area contributed by atoms with Crippen molar-refractivity contribution in [2.45, 2.75) is 58.9 Å². The van der Waals surface area contributed by atoms with Gasteiger partial charge in [0.15, 0.2) is 0 Å². The fourth-order valence-electron chi connectivity index (χ4n) is 2.48. The van der Waals surface area contributed by atoms with Gasteiger partial charge in [-0.2, -0.15) is 0 Å². The molecule has 0 bridgehead atoms. The Balaban J connectivity index is 2.60. The van der Waals surface area contributed by atoms with Gasteiger partial charge in [0.25, 0.3) is 0 Å². The Kier molecular flexibility index (Phi) is 3.39. The summed E-state index contributed by atoms with van der Waals surface area (Å²) in [6.07, 6.45) is 5.19. The van der Waals surface area contributed by atoms with Crippen molar-refractivity contribution in [3.8, 4) is 0 Å². The van der Waals surface area contributed by atoms with Crippen LogP contribution in [-0.2, 0) is 0 Å². The highest BCUT2D eigenvalue weighted by atomic mass is 14.8. The second-order valence-corrected chi connectivity index (χ2v) is 5.49. The Labute approximate surface area is 83.1 Å². The summed E-state index contributed by atoms with van der Waals surface area (Å²) >= 11 is 0. The Hall–Kier alpha value is -0.0400. The summed E-state index contributed by atoms with van der Waals surface area (Å²) in [7, 11) is 0. The van der Waals surface area contributed by atoms with E-state index in [4.69, 9.17) is 5.73 Å². The fourth-order valence-corrected chi connectivity index (χ4v) is 2.48. The largest absolute Gasteiger partial charge is 0.325 e. The van der Waals surface area contributed by atoms with Crippen molar-refractivity contribution >= 4 is 0 Å². The summed E-state index contributed by atoms with van der Waals surface area (Å²) in [5, 5.41) is 0. The standard InChI is InChI=1S/C12H25N/c1-9(2)11-6-5-7-12(13,8-11)10(3)4/h9-11H,5-8,13H2,1-4H3. The predicted octanol–water partition coefficient (Wildman–Crippen LogP) is 3.19. The van der Waals surface area contributed by atoms with E-state index in [0.717, 1.165) is 11.8 Å². The van der Waals surface area contributed by atoms with E-state index in [0.29, 0.717) is 5.92 Å². The van der Waals surface area contributed by atoms with E-state index in [1.807, 2.05) is 0 Å². The van der Waals surface area contributed by atoms with E-state index in [-0.39, 0.29) is 5.54 Å². The molecular weight excluding hydrogens is 158 g/mol. The first-order valence-corrected chi connectivity index (χ1v) is 5.74. The van der Waals surface area contributed by atoms with Crippen LogP contribution in [0.15, 0.2) is 0 Å². The summed E-state index contributed by atoms with van der Waals surface area (Å²) in [6, 6.07) is 0. The predicted molar refractivity (Wildman–Crippen MR) is 58.6 cm³/mol. The SMILES string of the molecule is CC(C)C1CCCC(N)(C(C)C)C1. The third kappa shape index (κ3) is 2.46. The van der Waals surface area contributed by atoms with Crippen LogP contribution >= 0.6 is 0 Å². The van der Waals surface area contributed by atoms with Crippen LogP contribution in [-0.4, -0.2) is 5.54 Å². The summed E-state index contributed by atoms with van der Waals surface area (Å²) in [5.41, 5.74) is 6.56. The van der Waals surface area contributed by atoms with Gasteiger partial charge in [0.05, 0.1) is 0 Å². The van der Waals surface area contributed by atoms with Gasteiger partial charge in [0.1, 0.15) is 0 Å². The summed E-state index contributed by atoms with van der Waals surface area (Å²) < 4.78 is 0. The summed E-state index contributed by atoms with van der Waals surface area (Å²) in [5.74, 6) is 2.30. The molecule has 2 atom stereocenters. The quantitative estimate of drug-likeness (QED) is 0.699. The van der Waals surface area contributed by atoms with E-state index in [1.165, 1.54) is 25.7 Å². The third-order valence-electron chi connectivity index (χ3n) is 3.95. The lowest BCUT2D eigenvalue weighted by Crippen LogP contribution is -2.49. The van der Waals surface area contributed by atoms with Gasteiger partial charge in [-0.15, -0.1) is 0 Å². The monoisotopic (exact) mass is 183 g/mol. The topological polar surface area (TPSA) is 26.0 Å². The molecule has 2 N–H and O–H groups in total. The van der Waals surface area contributed by atoms with Crippen LogP contribution in [0.2, 0.25) is 0 Å². The Morgan fingerprint density at radius 3 is 2.31 bits per heavy atom. The average Bonchev–Trinajstić information content (AvgIpc) is 2.04. The normalized spacial score (nSPS) is 35.8. The lowest BCUT2D eigenvalue weighted by atomic mass is 9.68. The minimum atomic E-state index is 0.132. The molecule has 0 saturated heterocycles. The van der Waals surface area contributed by atoms with Gasteiger partial charge >= 0.3 is 0 Å². The molecule has 0 aliphatic heterocycles. The lowest BCUT2D eigenvalue weighted by Gasteiger charge is -2.42. The second-order valence-electron chi connectivity index (χ2n) is 5.49. The molecule has 78 valence electrons. The molecule has 0 amide bonds. The number of hydrogen-bond acceptors (Lipinski definition) is 1. The van der Waals surface area contributed by atoms with Crippen LogP contribution < -0.4 is 5.73 Å². The molecule has 13 heavy (non-hydrogen) atoms. The highest BCUT2D eigenvalue weighted by Crippen LogP contribution is 2.38. The van der Waals surface area contributed by atoms with E-state index >= 15 is 0 Å². The van der Waals surface area contributed by atoms with Crippen molar-refractivity contribution in [1.29, 1.82) is 0 Å². The summed E-state index contributed by atoms with van der Waals surface area (Å²) in [6.45, 7) is 9.19. The maximum absolute atomic E-state index is 6.43. The molecule has 0 aromatic heterocycles. The van der Waals surface area contributed by atoms with Crippen LogP contribution in [0.1, 0.15) is 53.4 Å². The van der Waals surface area contributed by atoms with Crippen molar-refractivity contribution < 1.29 is 0 Å². The maximum Gasteiger partial charge on any atom is 0.0180 e. The number of rotatable bonds is 2. The first-order valence-electron chi connectivity index (χ1n) is 5.74. The van der Waals surface area contributed by atoms with Crippen molar-refractivity contribution in [2.75, 3.05) is 0 Å². The van der Waals surface area contributed by atoms with Gasteiger partial charge in [0.2, 0.25) is 0 Å². The molecule has 0 heterocycles. The van der Waals surface area contributed by atoms with Crippen molar-refractivity contribution in [1.82, 2.24) is 0 Å². The molecular formula is C12H25N. The zero-order valence-electron chi connectivity index (χ0n) is 9.64. The minimum Gasteiger partial charge on any atom is -0.325 e. The van der Waals surface area contributed by atoms with Crippen LogP contribution in [0.5, 0.6) is 0 Å². The lowest BCUT2D eigenvalue weighted by molar-refractivity contribution is 0.142. The van der Waals surface area contributed by atoms with Gasteiger partial charge < -0.3 is 5.73 Å². The van der Waals surface area contributed by atoms with E-state index in [1.54, 1.807) is 0 Å². The first kappa shape index (κ1) is 11.0. The molecule has 1 saturated carbocycles. The first-order chi connectivity index (χ1) is 5.96.